The minimum absolute atomic E-state index is 0.294. The molecule has 0 saturated carbocycles. The molecule has 0 unspecified atom stereocenters. The summed E-state index contributed by atoms with van der Waals surface area (Å²) in [6.45, 7) is 12.1. The van der Waals surface area contributed by atoms with E-state index in [4.69, 9.17) is 17.0 Å². The monoisotopic (exact) mass is 413 g/mol. The Morgan fingerprint density at radius 2 is 1.63 bits per heavy atom. The summed E-state index contributed by atoms with van der Waals surface area (Å²) in [5.41, 5.74) is 0.790. The van der Waals surface area contributed by atoms with Gasteiger partial charge in [0, 0.05) is 31.9 Å². The number of rotatable bonds is 7. The second-order valence-electron chi connectivity index (χ2n) is 7.66. The highest BCUT2D eigenvalue weighted by Gasteiger charge is 2.26. The molecule has 0 aromatic heterocycles. The van der Waals surface area contributed by atoms with E-state index in [9.17, 15) is 8.42 Å². The molecule has 1 aliphatic heterocycles. The minimum Gasteiger partial charge on any atom is -0.379 e. The number of nitrogens with one attached hydrogen (secondary N) is 1. The first-order valence-electron chi connectivity index (χ1n) is 9.44. The fraction of sp³-hybridized carbons (Fsp3) is 0.632. The van der Waals surface area contributed by atoms with Gasteiger partial charge in [0.15, 0.2) is 5.11 Å². The standard InChI is InChI=1S/C19H31N3O3S2/c1-15(2)13-21(14-16(3)4)19(26)20-17-5-7-18(8-6-17)27(23,24)22-9-11-25-12-10-22/h5-8,15-16H,9-14H2,1-4H3,(H,20,26). The molecular formula is C19H31N3O3S2. The van der Waals surface area contributed by atoms with E-state index in [0.717, 1.165) is 18.8 Å². The van der Waals surface area contributed by atoms with Crippen LogP contribution < -0.4 is 5.32 Å². The van der Waals surface area contributed by atoms with Crippen molar-refractivity contribution in [1.29, 1.82) is 0 Å². The van der Waals surface area contributed by atoms with Crippen LogP contribution in [0, 0.1) is 11.8 Å². The smallest absolute Gasteiger partial charge is 0.243 e. The molecule has 152 valence electrons. The van der Waals surface area contributed by atoms with Gasteiger partial charge < -0.3 is 15.0 Å². The van der Waals surface area contributed by atoms with Crippen LogP contribution in [0.25, 0.3) is 0 Å². The molecule has 8 heteroatoms. The summed E-state index contributed by atoms with van der Waals surface area (Å²) in [4.78, 5) is 2.46. The van der Waals surface area contributed by atoms with Crippen molar-refractivity contribution in [2.24, 2.45) is 11.8 Å². The molecule has 27 heavy (non-hydrogen) atoms. The number of hydrogen-bond acceptors (Lipinski definition) is 4. The number of nitrogens with zero attached hydrogens (tertiary/aromatic N) is 2. The van der Waals surface area contributed by atoms with Crippen LogP contribution in [0.2, 0.25) is 0 Å². The van der Waals surface area contributed by atoms with Gasteiger partial charge in [0.05, 0.1) is 18.1 Å². The maximum Gasteiger partial charge on any atom is 0.243 e. The third kappa shape index (κ3) is 6.41. The van der Waals surface area contributed by atoms with Crippen LogP contribution in [0.5, 0.6) is 0 Å². The molecule has 2 rings (SSSR count). The molecule has 0 atom stereocenters. The average molecular weight is 414 g/mol. The highest BCUT2D eigenvalue weighted by atomic mass is 32.2. The fourth-order valence-corrected chi connectivity index (χ4v) is 4.65. The Morgan fingerprint density at radius 3 is 2.11 bits per heavy atom. The van der Waals surface area contributed by atoms with Crippen LogP contribution in [0.3, 0.4) is 0 Å². The first kappa shape index (κ1) is 22.1. The van der Waals surface area contributed by atoms with E-state index in [1.165, 1.54) is 4.31 Å². The van der Waals surface area contributed by atoms with Gasteiger partial charge in [0.2, 0.25) is 10.0 Å². The first-order chi connectivity index (χ1) is 12.7. The maximum absolute atomic E-state index is 12.7. The molecule has 6 nitrogen and oxygen atoms in total. The Labute approximate surface area is 168 Å². The number of hydrogen-bond donors (Lipinski definition) is 1. The molecule has 1 saturated heterocycles. The van der Waals surface area contributed by atoms with Crippen LogP contribution in [-0.4, -0.2) is 62.1 Å². The normalized spacial score (nSPS) is 15.9. The highest BCUT2D eigenvalue weighted by molar-refractivity contribution is 7.89. The topological polar surface area (TPSA) is 61.9 Å². The number of morpholine rings is 1. The molecule has 1 N–H and O–H groups in total. The number of sulfonamides is 1. The van der Waals surface area contributed by atoms with E-state index in [0.29, 0.717) is 48.1 Å². The molecular weight excluding hydrogens is 382 g/mol. The predicted molar refractivity (Wildman–Crippen MR) is 113 cm³/mol. The van der Waals surface area contributed by atoms with E-state index in [1.807, 2.05) is 0 Å². The summed E-state index contributed by atoms with van der Waals surface area (Å²) >= 11 is 5.58. The molecule has 0 bridgehead atoms. The third-order valence-electron chi connectivity index (χ3n) is 4.17. The molecule has 1 aromatic carbocycles. The zero-order valence-electron chi connectivity index (χ0n) is 16.6. The molecule has 0 amide bonds. The van der Waals surface area contributed by atoms with E-state index < -0.39 is 10.0 Å². The van der Waals surface area contributed by atoms with Crippen LogP contribution in [0.15, 0.2) is 29.2 Å². The Morgan fingerprint density at radius 1 is 1.11 bits per heavy atom. The lowest BCUT2D eigenvalue weighted by atomic mass is 10.1. The molecule has 0 radical (unpaired) electrons. The zero-order valence-corrected chi connectivity index (χ0v) is 18.3. The van der Waals surface area contributed by atoms with Crippen LogP contribution in [0.1, 0.15) is 27.7 Å². The van der Waals surface area contributed by atoms with Crippen molar-refractivity contribution in [2.75, 3.05) is 44.7 Å². The van der Waals surface area contributed by atoms with Crippen molar-refractivity contribution in [3.63, 3.8) is 0 Å². The van der Waals surface area contributed by atoms with Crippen molar-refractivity contribution in [3.05, 3.63) is 24.3 Å². The van der Waals surface area contributed by atoms with Crippen molar-refractivity contribution in [1.82, 2.24) is 9.21 Å². The Hall–Kier alpha value is -1.22. The molecule has 1 aromatic rings. The molecule has 1 fully saturated rings. The Balaban J connectivity index is 2.06. The van der Waals surface area contributed by atoms with Crippen LogP contribution in [-0.2, 0) is 14.8 Å². The van der Waals surface area contributed by atoms with Gasteiger partial charge >= 0.3 is 0 Å². The summed E-state index contributed by atoms with van der Waals surface area (Å²) in [6, 6.07) is 6.79. The van der Waals surface area contributed by atoms with Crippen LogP contribution >= 0.6 is 12.2 Å². The lowest BCUT2D eigenvalue weighted by molar-refractivity contribution is 0.0730. The summed E-state index contributed by atoms with van der Waals surface area (Å²) in [7, 11) is -3.47. The lowest BCUT2D eigenvalue weighted by Gasteiger charge is -2.29. The molecule has 0 aliphatic carbocycles. The zero-order chi connectivity index (χ0) is 20.0. The summed E-state index contributed by atoms with van der Waals surface area (Å²) in [6.07, 6.45) is 0. The van der Waals surface area contributed by atoms with Crippen molar-refractivity contribution < 1.29 is 13.2 Å². The van der Waals surface area contributed by atoms with E-state index in [1.54, 1.807) is 24.3 Å². The van der Waals surface area contributed by atoms with E-state index >= 15 is 0 Å². The van der Waals surface area contributed by atoms with Gasteiger partial charge in [-0.15, -0.1) is 0 Å². The second kappa shape index (κ2) is 9.82. The van der Waals surface area contributed by atoms with Gasteiger partial charge in [-0.1, -0.05) is 27.7 Å². The second-order valence-corrected chi connectivity index (χ2v) is 9.99. The maximum atomic E-state index is 12.7. The predicted octanol–water partition coefficient (Wildman–Crippen LogP) is 3.02. The number of anilines is 1. The number of thiocarbonyl (C=S) groups is 1. The van der Waals surface area contributed by atoms with Crippen molar-refractivity contribution in [2.45, 2.75) is 32.6 Å². The third-order valence-corrected chi connectivity index (χ3v) is 6.44. The minimum atomic E-state index is -3.47. The summed E-state index contributed by atoms with van der Waals surface area (Å²) in [5, 5.41) is 3.91. The van der Waals surface area contributed by atoms with E-state index in [2.05, 4.69) is 37.9 Å². The number of ether oxygens (including phenoxy) is 1. The van der Waals surface area contributed by atoms with Gasteiger partial charge in [0.25, 0.3) is 0 Å². The first-order valence-corrected chi connectivity index (χ1v) is 11.3. The highest BCUT2D eigenvalue weighted by Crippen LogP contribution is 2.20. The largest absolute Gasteiger partial charge is 0.379 e. The molecule has 0 spiro atoms. The van der Waals surface area contributed by atoms with Crippen molar-refractivity contribution in [3.8, 4) is 0 Å². The molecule has 1 aliphatic rings. The summed E-state index contributed by atoms with van der Waals surface area (Å²) in [5.74, 6) is 1.01. The van der Waals surface area contributed by atoms with Gasteiger partial charge in [-0.25, -0.2) is 8.42 Å². The van der Waals surface area contributed by atoms with Crippen molar-refractivity contribution >= 4 is 33.0 Å². The van der Waals surface area contributed by atoms with Gasteiger partial charge in [-0.3, -0.25) is 0 Å². The molecule has 1 heterocycles. The van der Waals surface area contributed by atoms with Gasteiger partial charge in [0.1, 0.15) is 0 Å². The van der Waals surface area contributed by atoms with Gasteiger partial charge in [-0.2, -0.15) is 4.31 Å². The van der Waals surface area contributed by atoms with E-state index in [-0.39, 0.29) is 0 Å². The van der Waals surface area contributed by atoms with Gasteiger partial charge in [-0.05, 0) is 48.3 Å². The average Bonchev–Trinajstić information content (AvgIpc) is 2.61. The quantitative estimate of drug-likeness (QED) is 0.694. The Bertz CT molecular complexity index is 702. The number of benzene rings is 1. The SMILES string of the molecule is CC(C)CN(CC(C)C)C(=S)Nc1ccc(S(=O)(=O)N2CCOCC2)cc1. The fourth-order valence-electron chi connectivity index (χ4n) is 2.97. The summed E-state index contributed by atoms with van der Waals surface area (Å²) < 4.78 is 32.1. The Kier molecular flexibility index (Phi) is 8.03. The lowest BCUT2D eigenvalue weighted by Crippen LogP contribution is -2.40. The van der Waals surface area contributed by atoms with Crippen LogP contribution in [0.4, 0.5) is 5.69 Å².